The highest BCUT2D eigenvalue weighted by atomic mass is 32.2. The molecule has 1 aromatic heterocycles. The molecule has 0 unspecified atom stereocenters. The number of aromatic nitrogens is 2. The molecule has 0 radical (unpaired) electrons. The van der Waals surface area contributed by atoms with Gasteiger partial charge in [-0.3, -0.25) is 4.79 Å². The number of sulfonamides is 1. The van der Waals surface area contributed by atoms with Crippen LogP contribution < -0.4 is 5.32 Å². The van der Waals surface area contributed by atoms with E-state index in [4.69, 9.17) is 0 Å². The molecule has 0 aliphatic carbocycles. The molecule has 3 aromatic rings. The summed E-state index contributed by atoms with van der Waals surface area (Å²) in [7, 11) is -3.62. The minimum atomic E-state index is -3.62. The predicted octanol–water partition coefficient (Wildman–Crippen LogP) is 4.59. The Bertz CT molecular complexity index is 1280. The average molecular weight is 485 g/mol. The van der Waals surface area contributed by atoms with E-state index in [1.807, 2.05) is 58.0 Å². The first-order valence-corrected chi connectivity index (χ1v) is 13.2. The van der Waals surface area contributed by atoms with Crippen LogP contribution in [0.15, 0.2) is 41.3 Å². The molecule has 7 nitrogen and oxygen atoms in total. The summed E-state index contributed by atoms with van der Waals surface area (Å²) in [5.41, 5.74) is 4.60. The largest absolute Gasteiger partial charge is 0.320 e. The second-order valence-electron chi connectivity index (χ2n) is 8.67. The van der Waals surface area contributed by atoms with E-state index < -0.39 is 10.0 Å². The van der Waals surface area contributed by atoms with Crippen molar-refractivity contribution in [2.24, 2.45) is 0 Å². The van der Waals surface area contributed by atoms with Crippen LogP contribution in [0.4, 0.5) is 5.69 Å². The van der Waals surface area contributed by atoms with Crippen molar-refractivity contribution in [3.63, 3.8) is 0 Å². The highest BCUT2D eigenvalue weighted by Crippen LogP contribution is 2.33. The van der Waals surface area contributed by atoms with Gasteiger partial charge in [-0.2, -0.15) is 4.31 Å². The topological polar surface area (TPSA) is 92.3 Å². The number of hydrogen-bond donors (Lipinski definition) is 1. The monoisotopic (exact) mass is 484 g/mol. The lowest BCUT2D eigenvalue weighted by Gasteiger charge is -2.31. The first kappa shape index (κ1) is 23.5. The molecule has 1 atom stereocenters. The van der Waals surface area contributed by atoms with Crippen LogP contribution in [0, 0.1) is 27.7 Å². The van der Waals surface area contributed by atoms with Crippen LogP contribution >= 0.6 is 11.3 Å². The zero-order valence-electron chi connectivity index (χ0n) is 19.3. The third-order valence-corrected chi connectivity index (χ3v) is 9.18. The summed E-state index contributed by atoms with van der Waals surface area (Å²) in [5.74, 6) is -0.396. The van der Waals surface area contributed by atoms with Gasteiger partial charge in [0.25, 0.3) is 5.91 Å². The molecule has 1 amide bonds. The maximum atomic E-state index is 13.4. The zero-order chi connectivity index (χ0) is 23.8. The highest BCUT2D eigenvalue weighted by Gasteiger charge is 2.33. The van der Waals surface area contributed by atoms with Crippen molar-refractivity contribution in [2.45, 2.75) is 51.3 Å². The Hall–Kier alpha value is -2.62. The fourth-order valence-electron chi connectivity index (χ4n) is 4.03. The molecule has 1 aliphatic rings. The number of nitrogens with one attached hydrogen (secondary N) is 1. The molecule has 33 heavy (non-hydrogen) atoms. The molecule has 2 heterocycles. The number of benzene rings is 2. The number of carbonyl (C=O) groups is 1. The van der Waals surface area contributed by atoms with Gasteiger partial charge in [0.05, 0.1) is 4.90 Å². The summed E-state index contributed by atoms with van der Waals surface area (Å²) in [6.07, 6.45) is 1.55. The summed E-state index contributed by atoms with van der Waals surface area (Å²) in [5, 5.41) is 12.1. The van der Waals surface area contributed by atoms with Gasteiger partial charge in [0, 0.05) is 24.7 Å². The highest BCUT2D eigenvalue weighted by molar-refractivity contribution is 7.89. The Kier molecular flexibility index (Phi) is 6.65. The van der Waals surface area contributed by atoms with Gasteiger partial charge in [-0.1, -0.05) is 35.1 Å². The molecule has 1 aliphatic heterocycles. The average Bonchev–Trinajstić information content (AvgIpc) is 3.28. The van der Waals surface area contributed by atoms with Gasteiger partial charge in [-0.15, -0.1) is 10.2 Å². The summed E-state index contributed by atoms with van der Waals surface area (Å²) in [4.78, 5) is 13.0. The second-order valence-corrected chi connectivity index (χ2v) is 11.6. The lowest BCUT2D eigenvalue weighted by molar-refractivity contribution is 0.102. The van der Waals surface area contributed by atoms with Gasteiger partial charge in [0.2, 0.25) is 15.0 Å². The van der Waals surface area contributed by atoms with Crippen LogP contribution in [0.25, 0.3) is 0 Å². The minimum Gasteiger partial charge on any atom is -0.320 e. The third-order valence-electron chi connectivity index (χ3n) is 6.09. The van der Waals surface area contributed by atoms with Crippen molar-refractivity contribution < 1.29 is 13.2 Å². The van der Waals surface area contributed by atoms with Gasteiger partial charge in [0.15, 0.2) is 0 Å². The normalized spacial score (nSPS) is 17.2. The number of anilines is 1. The smallest absolute Gasteiger partial charge is 0.286 e. The molecule has 2 aromatic carbocycles. The van der Waals surface area contributed by atoms with Gasteiger partial charge >= 0.3 is 0 Å². The van der Waals surface area contributed by atoms with E-state index in [-0.39, 0.29) is 16.8 Å². The van der Waals surface area contributed by atoms with Gasteiger partial charge in [0.1, 0.15) is 5.01 Å². The van der Waals surface area contributed by atoms with Crippen LogP contribution in [-0.4, -0.2) is 41.9 Å². The Morgan fingerprint density at radius 2 is 1.73 bits per heavy atom. The quantitative estimate of drug-likeness (QED) is 0.572. The molecule has 1 saturated heterocycles. The molecule has 1 N–H and O–H groups in total. The van der Waals surface area contributed by atoms with Crippen molar-refractivity contribution in [1.82, 2.24) is 14.5 Å². The Labute approximate surface area is 198 Å². The van der Waals surface area contributed by atoms with Crippen LogP contribution in [-0.2, 0) is 10.0 Å². The number of piperidine rings is 1. The second kappa shape index (κ2) is 9.32. The molecular formula is C24H28N4O3S2. The number of aryl methyl sites for hydroxylation is 4. The summed E-state index contributed by atoms with van der Waals surface area (Å²) >= 11 is 1.23. The van der Waals surface area contributed by atoms with Crippen molar-refractivity contribution in [1.29, 1.82) is 0 Å². The molecule has 174 valence electrons. The standard InChI is InChI=1S/C24H28N4O3S2/c1-15-7-9-20(10-8-15)25-22(29)24-27-26-23(32-24)19-6-5-11-28(14-19)33(30,31)21-13-17(3)16(2)12-18(21)4/h7-10,12-13,19H,5-6,11,14H2,1-4H3,(H,25,29)/t19-/m0/s1. The van der Waals surface area contributed by atoms with Gasteiger partial charge < -0.3 is 5.32 Å². The Balaban J connectivity index is 1.50. The number of amides is 1. The molecule has 0 saturated carbocycles. The van der Waals surface area contributed by atoms with Crippen molar-refractivity contribution in [2.75, 3.05) is 18.4 Å². The lowest BCUT2D eigenvalue weighted by atomic mass is 10.0. The Morgan fingerprint density at radius 1 is 1.03 bits per heavy atom. The van der Waals surface area contributed by atoms with Gasteiger partial charge in [-0.25, -0.2) is 8.42 Å². The molecule has 0 spiro atoms. The summed E-state index contributed by atoms with van der Waals surface area (Å²) in [6.45, 7) is 8.55. The molecule has 1 fully saturated rings. The van der Waals surface area contributed by atoms with Gasteiger partial charge in [-0.05, 0) is 75.4 Å². The lowest BCUT2D eigenvalue weighted by Crippen LogP contribution is -2.39. The first-order chi connectivity index (χ1) is 15.6. The molecule has 9 heteroatoms. The molecule has 0 bridgehead atoms. The van der Waals surface area contributed by atoms with E-state index in [1.54, 1.807) is 10.4 Å². The number of rotatable bonds is 5. The Morgan fingerprint density at radius 3 is 2.45 bits per heavy atom. The van der Waals surface area contributed by atoms with Crippen molar-refractivity contribution in [3.8, 4) is 0 Å². The van der Waals surface area contributed by atoms with Crippen LogP contribution in [0.1, 0.15) is 55.8 Å². The summed E-state index contributed by atoms with van der Waals surface area (Å²) < 4.78 is 28.4. The van der Waals surface area contributed by atoms with E-state index in [9.17, 15) is 13.2 Å². The molecular weight excluding hydrogens is 456 g/mol. The van der Waals surface area contributed by atoms with E-state index in [0.29, 0.717) is 28.7 Å². The maximum Gasteiger partial charge on any atom is 0.286 e. The van der Waals surface area contributed by atoms with E-state index >= 15 is 0 Å². The zero-order valence-corrected chi connectivity index (χ0v) is 20.9. The fourth-order valence-corrected chi connectivity index (χ4v) is 6.71. The first-order valence-electron chi connectivity index (χ1n) is 10.9. The summed E-state index contributed by atoms with van der Waals surface area (Å²) in [6, 6.07) is 11.2. The predicted molar refractivity (Wildman–Crippen MR) is 130 cm³/mol. The van der Waals surface area contributed by atoms with E-state index in [1.165, 1.54) is 11.3 Å². The van der Waals surface area contributed by atoms with E-state index in [2.05, 4.69) is 15.5 Å². The third kappa shape index (κ3) is 5.00. The van der Waals surface area contributed by atoms with E-state index in [0.717, 1.165) is 35.1 Å². The SMILES string of the molecule is Cc1ccc(NC(=O)c2nnc([C@H]3CCCN(S(=O)(=O)c4cc(C)c(C)cc4C)C3)s2)cc1. The minimum absolute atomic E-state index is 0.0844. The number of nitrogens with zero attached hydrogens (tertiary/aromatic N) is 3. The number of carbonyl (C=O) groups excluding carboxylic acids is 1. The van der Waals surface area contributed by atoms with Crippen LogP contribution in [0.3, 0.4) is 0 Å². The van der Waals surface area contributed by atoms with Crippen molar-refractivity contribution >= 4 is 33.0 Å². The maximum absolute atomic E-state index is 13.4. The fraction of sp³-hybridized carbons (Fsp3) is 0.375. The van der Waals surface area contributed by atoms with Crippen molar-refractivity contribution in [3.05, 3.63) is 68.7 Å². The van der Waals surface area contributed by atoms with Crippen LogP contribution in [0.2, 0.25) is 0 Å². The molecule has 4 rings (SSSR count). The van der Waals surface area contributed by atoms with Crippen LogP contribution in [0.5, 0.6) is 0 Å². The number of hydrogen-bond acceptors (Lipinski definition) is 6.